The van der Waals surface area contributed by atoms with Crippen LogP contribution in [0.15, 0.2) is 0 Å². The number of aliphatic hydroxyl groups is 1. The lowest BCUT2D eigenvalue weighted by molar-refractivity contribution is 0.121. The van der Waals surface area contributed by atoms with Crippen LogP contribution >= 0.6 is 0 Å². The lowest BCUT2D eigenvalue weighted by Crippen LogP contribution is -2.38. The Labute approximate surface area is 69.0 Å². The van der Waals surface area contributed by atoms with E-state index in [9.17, 15) is 5.11 Å². The minimum Gasteiger partial charge on any atom is -0.392 e. The number of hydrogen-bond donors (Lipinski definition) is 2. The van der Waals surface area contributed by atoms with Gasteiger partial charge in [-0.05, 0) is 25.8 Å². The zero-order valence-corrected chi connectivity index (χ0v) is 7.34. The first-order valence-corrected chi connectivity index (χ1v) is 4.76. The molecule has 66 valence electrons. The molecule has 2 unspecified atom stereocenters. The van der Waals surface area contributed by atoms with Gasteiger partial charge in [0.15, 0.2) is 0 Å². The van der Waals surface area contributed by atoms with E-state index in [1.54, 1.807) is 0 Å². The minimum absolute atomic E-state index is 0.131. The van der Waals surface area contributed by atoms with E-state index in [0.29, 0.717) is 6.04 Å². The van der Waals surface area contributed by atoms with Gasteiger partial charge >= 0.3 is 0 Å². The van der Waals surface area contributed by atoms with Gasteiger partial charge in [0.2, 0.25) is 0 Å². The van der Waals surface area contributed by atoms with Crippen LogP contribution in [0.4, 0.5) is 0 Å². The van der Waals surface area contributed by atoms with Crippen LogP contribution in [0, 0.1) is 0 Å². The third-order valence-corrected chi connectivity index (χ3v) is 2.48. The molecule has 0 radical (unpaired) electrons. The average molecular weight is 157 g/mol. The molecule has 0 saturated carbocycles. The van der Waals surface area contributed by atoms with Crippen molar-refractivity contribution in [3.05, 3.63) is 0 Å². The Morgan fingerprint density at radius 2 is 2.27 bits per heavy atom. The summed E-state index contributed by atoms with van der Waals surface area (Å²) in [4.78, 5) is 0. The summed E-state index contributed by atoms with van der Waals surface area (Å²) in [6.07, 6.45) is 5.75. The van der Waals surface area contributed by atoms with Gasteiger partial charge in [0.1, 0.15) is 0 Å². The van der Waals surface area contributed by atoms with E-state index in [1.165, 1.54) is 19.3 Å². The molecule has 0 amide bonds. The molecular formula is C9H19NO. The van der Waals surface area contributed by atoms with Crippen LogP contribution in [-0.2, 0) is 0 Å². The maximum atomic E-state index is 9.55. The highest BCUT2D eigenvalue weighted by atomic mass is 16.3. The second kappa shape index (κ2) is 4.73. The maximum absolute atomic E-state index is 9.55. The normalized spacial score (nSPS) is 29.5. The van der Waals surface area contributed by atoms with Crippen molar-refractivity contribution in [2.45, 2.75) is 51.2 Å². The van der Waals surface area contributed by atoms with Crippen molar-refractivity contribution in [3.8, 4) is 0 Å². The van der Waals surface area contributed by atoms with E-state index in [2.05, 4.69) is 5.32 Å². The highest BCUT2D eigenvalue weighted by Gasteiger charge is 2.17. The van der Waals surface area contributed by atoms with Crippen molar-refractivity contribution in [2.24, 2.45) is 0 Å². The lowest BCUT2D eigenvalue weighted by atomic mass is 10.0. The number of rotatable bonds is 2. The summed E-state index contributed by atoms with van der Waals surface area (Å²) in [5.41, 5.74) is 0. The highest BCUT2D eigenvalue weighted by Crippen LogP contribution is 2.12. The summed E-state index contributed by atoms with van der Waals surface area (Å²) in [5, 5.41) is 12.9. The van der Waals surface area contributed by atoms with Gasteiger partial charge in [-0.1, -0.05) is 19.8 Å². The smallest absolute Gasteiger partial charge is 0.0690 e. The van der Waals surface area contributed by atoms with Crippen LogP contribution in [0.3, 0.4) is 0 Å². The van der Waals surface area contributed by atoms with Crippen LogP contribution in [-0.4, -0.2) is 23.8 Å². The molecule has 1 aliphatic rings. The molecule has 0 aliphatic carbocycles. The van der Waals surface area contributed by atoms with Crippen LogP contribution < -0.4 is 5.32 Å². The van der Waals surface area contributed by atoms with Gasteiger partial charge in [-0.15, -0.1) is 0 Å². The SMILES string of the molecule is CCC(O)C1CCCCCN1. The van der Waals surface area contributed by atoms with Crippen molar-refractivity contribution >= 4 is 0 Å². The van der Waals surface area contributed by atoms with Gasteiger partial charge in [0, 0.05) is 6.04 Å². The van der Waals surface area contributed by atoms with E-state index < -0.39 is 0 Å². The molecule has 0 aromatic carbocycles. The molecule has 1 rings (SSSR count). The first-order valence-electron chi connectivity index (χ1n) is 4.76. The first kappa shape index (κ1) is 9.01. The third-order valence-electron chi connectivity index (χ3n) is 2.48. The Bertz CT molecular complexity index is 97.7. The molecule has 2 N–H and O–H groups in total. The van der Waals surface area contributed by atoms with E-state index in [-0.39, 0.29) is 6.10 Å². The molecule has 1 aliphatic heterocycles. The molecule has 2 heteroatoms. The van der Waals surface area contributed by atoms with E-state index in [4.69, 9.17) is 0 Å². The fourth-order valence-electron chi connectivity index (χ4n) is 1.67. The van der Waals surface area contributed by atoms with Crippen LogP contribution in [0.5, 0.6) is 0 Å². The van der Waals surface area contributed by atoms with Gasteiger partial charge < -0.3 is 10.4 Å². The molecule has 0 aromatic rings. The molecule has 11 heavy (non-hydrogen) atoms. The quantitative estimate of drug-likeness (QED) is 0.633. The highest BCUT2D eigenvalue weighted by molar-refractivity contribution is 4.76. The van der Waals surface area contributed by atoms with Crippen LogP contribution in [0.1, 0.15) is 39.0 Å². The largest absolute Gasteiger partial charge is 0.392 e. The lowest BCUT2D eigenvalue weighted by Gasteiger charge is -2.20. The summed E-state index contributed by atoms with van der Waals surface area (Å²) in [7, 11) is 0. The Kier molecular flexibility index (Phi) is 3.87. The summed E-state index contributed by atoms with van der Waals surface area (Å²) < 4.78 is 0. The number of hydrogen-bond acceptors (Lipinski definition) is 2. The van der Waals surface area contributed by atoms with Crippen molar-refractivity contribution in [3.63, 3.8) is 0 Å². The summed E-state index contributed by atoms with van der Waals surface area (Å²) in [6.45, 7) is 3.12. The zero-order valence-electron chi connectivity index (χ0n) is 7.34. The predicted octanol–water partition coefficient (Wildman–Crippen LogP) is 1.29. The van der Waals surface area contributed by atoms with E-state index >= 15 is 0 Å². The predicted molar refractivity (Wildman–Crippen MR) is 46.6 cm³/mol. The summed E-state index contributed by atoms with van der Waals surface area (Å²) >= 11 is 0. The molecule has 0 bridgehead atoms. The molecule has 1 fully saturated rings. The van der Waals surface area contributed by atoms with Crippen molar-refractivity contribution in [1.82, 2.24) is 5.32 Å². The zero-order chi connectivity index (χ0) is 8.10. The second-order valence-corrected chi connectivity index (χ2v) is 3.39. The molecule has 1 heterocycles. The summed E-state index contributed by atoms with van der Waals surface area (Å²) in [6, 6.07) is 0.363. The second-order valence-electron chi connectivity index (χ2n) is 3.39. The molecule has 2 atom stereocenters. The minimum atomic E-state index is -0.131. The molecular weight excluding hydrogens is 138 g/mol. The van der Waals surface area contributed by atoms with Gasteiger partial charge in [-0.2, -0.15) is 0 Å². The number of aliphatic hydroxyl groups excluding tert-OH is 1. The van der Waals surface area contributed by atoms with Gasteiger partial charge in [0.05, 0.1) is 6.10 Å². The Morgan fingerprint density at radius 3 is 3.00 bits per heavy atom. The van der Waals surface area contributed by atoms with E-state index in [1.807, 2.05) is 6.92 Å². The van der Waals surface area contributed by atoms with Gasteiger partial charge in [0.25, 0.3) is 0 Å². The molecule has 2 nitrogen and oxygen atoms in total. The Morgan fingerprint density at radius 1 is 1.45 bits per heavy atom. The summed E-state index contributed by atoms with van der Waals surface area (Å²) in [5.74, 6) is 0. The monoisotopic (exact) mass is 157 g/mol. The molecule has 0 aromatic heterocycles. The van der Waals surface area contributed by atoms with Crippen molar-refractivity contribution in [2.75, 3.05) is 6.54 Å². The van der Waals surface area contributed by atoms with Crippen LogP contribution in [0.25, 0.3) is 0 Å². The number of nitrogens with one attached hydrogen (secondary N) is 1. The van der Waals surface area contributed by atoms with Crippen LogP contribution in [0.2, 0.25) is 0 Å². The Hall–Kier alpha value is -0.0800. The Balaban J connectivity index is 2.30. The topological polar surface area (TPSA) is 32.3 Å². The molecule has 0 spiro atoms. The van der Waals surface area contributed by atoms with Crippen molar-refractivity contribution in [1.29, 1.82) is 0 Å². The average Bonchev–Trinajstić information content (AvgIpc) is 2.30. The molecule has 1 saturated heterocycles. The fourth-order valence-corrected chi connectivity index (χ4v) is 1.67. The van der Waals surface area contributed by atoms with Gasteiger partial charge in [-0.25, -0.2) is 0 Å². The fraction of sp³-hybridized carbons (Fsp3) is 1.00. The third kappa shape index (κ3) is 2.80. The van der Waals surface area contributed by atoms with Crippen molar-refractivity contribution < 1.29 is 5.11 Å². The van der Waals surface area contributed by atoms with Gasteiger partial charge in [-0.3, -0.25) is 0 Å². The standard InChI is InChI=1S/C9H19NO/c1-2-9(11)8-6-4-3-5-7-10-8/h8-11H,2-7H2,1H3. The maximum Gasteiger partial charge on any atom is 0.0690 e. The first-order chi connectivity index (χ1) is 5.34. The van der Waals surface area contributed by atoms with E-state index in [0.717, 1.165) is 19.4 Å².